The zero-order chi connectivity index (χ0) is 21.3. The molecule has 0 aliphatic carbocycles. The van der Waals surface area contributed by atoms with Crippen LogP contribution in [0.3, 0.4) is 0 Å². The van der Waals surface area contributed by atoms with E-state index in [1.54, 1.807) is 29.7 Å². The van der Waals surface area contributed by atoms with Crippen LogP contribution in [0.5, 0.6) is 0 Å². The van der Waals surface area contributed by atoms with Crippen molar-refractivity contribution in [2.24, 2.45) is 0 Å². The van der Waals surface area contributed by atoms with Crippen molar-refractivity contribution in [2.45, 2.75) is 18.4 Å². The Labute approximate surface area is 168 Å². The standard InChI is InChI=1S/C20H22F2N4O2S/c1-13-19(14-5-4-6-16(11-14)29(27,28)25(2)3)20-17(7-8-18(22)24-20)26(13)12-15(21)9-10-23/h4-9,11H,10,12,23H2,1-3H3/p+1/b15-9-. The smallest absolute Gasteiger partial charge is 0.242 e. The second-order valence-electron chi connectivity index (χ2n) is 6.80. The Kier molecular flexibility index (Phi) is 5.83. The minimum atomic E-state index is -3.65. The van der Waals surface area contributed by atoms with Crippen LogP contribution in [0.2, 0.25) is 0 Å². The Morgan fingerprint density at radius 3 is 2.66 bits per heavy atom. The third kappa shape index (κ3) is 3.93. The van der Waals surface area contributed by atoms with E-state index in [1.165, 1.54) is 38.4 Å². The summed E-state index contributed by atoms with van der Waals surface area (Å²) in [5.41, 5.74) is 6.32. The van der Waals surface area contributed by atoms with Crippen LogP contribution in [-0.2, 0) is 16.6 Å². The van der Waals surface area contributed by atoms with Crippen molar-refractivity contribution in [3.8, 4) is 11.1 Å². The lowest BCUT2D eigenvalue weighted by atomic mass is 10.1. The summed E-state index contributed by atoms with van der Waals surface area (Å²) in [5, 5.41) is 0. The maximum atomic E-state index is 14.2. The number of rotatable bonds is 6. The summed E-state index contributed by atoms with van der Waals surface area (Å²) < 4.78 is 56.0. The molecule has 29 heavy (non-hydrogen) atoms. The van der Waals surface area contributed by atoms with Gasteiger partial charge in [0.1, 0.15) is 5.83 Å². The maximum absolute atomic E-state index is 14.2. The Morgan fingerprint density at radius 2 is 2.00 bits per heavy atom. The number of hydrogen-bond donors (Lipinski definition) is 1. The van der Waals surface area contributed by atoms with Gasteiger partial charge in [-0.15, -0.1) is 0 Å². The van der Waals surface area contributed by atoms with Gasteiger partial charge in [0.25, 0.3) is 0 Å². The molecule has 0 bridgehead atoms. The van der Waals surface area contributed by atoms with E-state index in [4.69, 9.17) is 0 Å². The SMILES string of the molecule is Cc1c(-c2cccc(S(=O)(=O)N(C)C)c2)c2nc(F)ccc2n1C/C(F)=C/C[NH3+]. The van der Waals surface area contributed by atoms with Gasteiger partial charge in [-0.2, -0.15) is 4.39 Å². The summed E-state index contributed by atoms with van der Waals surface area (Å²) in [7, 11) is -0.741. The third-order valence-corrected chi connectivity index (χ3v) is 6.52. The van der Waals surface area contributed by atoms with E-state index in [0.717, 1.165) is 4.31 Å². The maximum Gasteiger partial charge on any atom is 0.242 e. The van der Waals surface area contributed by atoms with Gasteiger partial charge in [0.2, 0.25) is 16.0 Å². The number of benzene rings is 1. The topological polar surface area (TPSA) is 82.8 Å². The van der Waals surface area contributed by atoms with E-state index in [9.17, 15) is 17.2 Å². The molecule has 0 unspecified atom stereocenters. The van der Waals surface area contributed by atoms with Gasteiger partial charge >= 0.3 is 0 Å². The predicted octanol–water partition coefficient (Wildman–Crippen LogP) is 2.50. The number of halogens is 2. The van der Waals surface area contributed by atoms with Crippen molar-refractivity contribution < 1.29 is 22.9 Å². The molecule has 9 heteroatoms. The highest BCUT2D eigenvalue weighted by molar-refractivity contribution is 7.89. The molecular weight excluding hydrogens is 398 g/mol. The Hall–Kier alpha value is -2.62. The average molecular weight is 421 g/mol. The first-order chi connectivity index (χ1) is 13.7. The third-order valence-electron chi connectivity index (χ3n) is 4.71. The van der Waals surface area contributed by atoms with Gasteiger partial charge in [-0.1, -0.05) is 12.1 Å². The molecule has 0 saturated heterocycles. The number of quaternary nitrogens is 1. The summed E-state index contributed by atoms with van der Waals surface area (Å²) in [6.07, 6.45) is 1.38. The summed E-state index contributed by atoms with van der Waals surface area (Å²) in [6.45, 7) is 2.05. The second kappa shape index (κ2) is 8.02. The van der Waals surface area contributed by atoms with E-state index < -0.39 is 16.0 Å². The molecule has 2 heterocycles. The molecule has 0 radical (unpaired) electrons. The van der Waals surface area contributed by atoms with Gasteiger partial charge in [-0.3, -0.25) is 0 Å². The molecule has 0 amide bonds. The molecule has 0 fully saturated rings. The molecule has 2 aromatic heterocycles. The summed E-state index contributed by atoms with van der Waals surface area (Å²) in [4.78, 5) is 4.12. The van der Waals surface area contributed by atoms with Crippen LogP contribution in [-0.4, -0.2) is 42.9 Å². The minimum Gasteiger partial charge on any atom is -0.354 e. The van der Waals surface area contributed by atoms with Crippen LogP contribution in [0.4, 0.5) is 8.78 Å². The quantitative estimate of drug-likeness (QED) is 0.621. The van der Waals surface area contributed by atoms with Crippen LogP contribution in [0.1, 0.15) is 5.69 Å². The van der Waals surface area contributed by atoms with Crippen LogP contribution < -0.4 is 5.73 Å². The molecule has 0 aliphatic heterocycles. The Bertz CT molecular complexity index is 1200. The molecular formula is C20H23F2N4O2S+. The molecule has 0 saturated carbocycles. The highest BCUT2D eigenvalue weighted by Gasteiger charge is 2.22. The van der Waals surface area contributed by atoms with Gasteiger partial charge < -0.3 is 10.3 Å². The Balaban J connectivity index is 2.27. The molecule has 0 spiro atoms. The first-order valence-corrected chi connectivity index (χ1v) is 10.4. The van der Waals surface area contributed by atoms with Crippen LogP contribution in [0.15, 0.2) is 53.2 Å². The molecule has 0 atom stereocenters. The number of allylic oxidation sites excluding steroid dienone is 1. The number of sulfonamides is 1. The fraction of sp³-hybridized carbons (Fsp3) is 0.250. The number of hydrogen-bond acceptors (Lipinski definition) is 3. The van der Waals surface area contributed by atoms with Crippen molar-refractivity contribution in [1.29, 1.82) is 0 Å². The van der Waals surface area contributed by atoms with Gasteiger partial charge in [-0.05, 0) is 36.8 Å². The lowest BCUT2D eigenvalue weighted by molar-refractivity contribution is -0.353. The molecule has 3 rings (SSSR count). The van der Waals surface area contributed by atoms with E-state index in [-0.39, 0.29) is 17.3 Å². The van der Waals surface area contributed by atoms with Crippen LogP contribution >= 0.6 is 0 Å². The number of pyridine rings is 1. The summed E-state index contributed by atoms with van der Waals surface area (Å²) >= 11 is 0. The zero-order valence-electron chi connectivity index (χ0n) is 16.5. The zero-order valence-corrected chi connectivity index (χ0v) is 17.3. The summed E-state index contributed by atoms with van der Waals surface area (Å²) in [6, 6.07) is 9.14. The first kappa shape index (κ1) is 21.1. The molecule has 1 aromatic carbocycles. The average Bonchev–Trinajstić information content (AvgIpc) is 2.92. The lowest BCUT2D eigenvalue weighted by Crippen LogP contribution is -2.49. The van der Waals surface area contributed by atoms with Crippen LogP contribution in [0.25, 0.3) is 22.2 Å². The van der Waals surface area contributed by atoms with Gasteiger partial charge in [-0.25, -0.2) is 22.1 Å². The van der Waals surface area contributed by atoms with Crippen molar-refractivity contribution in [2.75, 3.05) is 20.6 Å². The minimum absolute atomic E-state index is 0.0408. The largest absolute Gasteiger partial charge is 0.354 e. The fourth-order valence-electron chi connectivity index (χ4n) is 3.26. The number of fused-ring (bicyclic) bond motifs is 1. The Morgan fingerprint density at radius 1 is 1.28 bits per heavy atom. The highest BCUT2D eigenvalue weighted by atomic mass is 32.2. The highest BCUT2D eigenvalue weighted by Crippen LogP contribution is 2.35. The van der Waals surface area contributed by atoms with Crippen molar-refractivity contribution in [3.05, 3.63) is 59.9 Å². The summed E-state index contributed by atoms with van der Waals surface area (Å²) in [5.74, 6) is -1.03. The number of aromatic nitrogens is 2. The molecule has 0 aliphatic rings. The lowest BCUT2D eigenvalue weighted by Gasteiger charge is -2.12. The van der Waals surface area contributed by atoms with Gasteiger partial charge in [0.15, 0.2) is 0 Å². The normalized spacial score (nSPS) is 12.9. The van der Waals surface area contributed by atoms with E-state index >= 15 is 0 Å². The molecule has 3 aromatic rings. The van der Waals surface area contributed by atoms with Crippen LogP contribution in [0, 0.1) is 12.9 Å². The van der Waals surface area contributed by atoms with Crippen molar-refractivity contribution >= 4 is 21.1 Å². The van der Waals surface area contributed by atoms with E-state index in [2.05, 4.69) is 10.7 Å². The predicted molar refractivity (Wildman–Crippen MR) is 108 cm³/mol. The van der Waals surface area contributed by atoms with Crippen molar-refractivity contribution in [3.63, 3.8) is 0 Å². The molecule has 6 nitrogen and oxygen atoms in total. The molecule has 154 valence electrons. The molecule has 3 N–H and O–H groups in total. The van der Waals surface area contributed by atoms with E-state index in [0.29, 0.717) is 34.4 Å². The van der Waals surface area contributed by atoms with Crippen molar-refractivity contribution in [1.82, 2.24) is 13.9 Å². The number of nitrogens with zero attached hydrogens (tertiary/aromatic N) is 3. The van der Waals surface area contributed by atoms with Gasteiger partial charge in [0, 0.05) is 31.4 Å². The second-order valence-corrected chi connectivity index (χ2v) is 8.96. The fourth-order valence-corrected chi connectivity index (χ4v) is 4.21. The monoisotopic (exact) mass is 421 g/mol. The van der Waals surface area contributed by atoms with Gasteiger partial charge in [0.05, 0.1) is 29.0 Å². The first-order valence-electron chi connectivity index (χ1n) is 8.99. The van der Waals surface area contributed by atoms with E-state index in [1.807, 2.05) is 0 Å².